The van der Waals surface area contributed by atoms with Crippen LogP contribution in [0.3, 0.4) is 0 Å². The fourth-order valence-corrected chi connectivity index (χ4v) is 1.98. The van der Waals surface area contributed by atoms with Gasteiger partial charge in [-0.25, -0.2) is 4.79 Å². The maximum Gasteiger partial charge on any atom is 0.342 e. The Kier molecular flexibility index (Phi) is 9.60. The van der Waals surface area contributed by atoms with Crippen LogP contribution in [0.2, 0.25) is 5.02 Å². The van der Waals surface area contributed by atoms with E-state index in [0.29, 0.717) is 0 Å². The number of Topliss-reactive ketones (excluding diaryl/α,β-unsaturated/α-hetero) is 1. The number of ketones is 1. The van der Waals surface area contributed by atoms with Crippen molar-refractivity contribution >= 4 is 40.6 Å². The minimum absolute atomic E-state index is 0.0157. The zero-order valence-corrected chi connectivity index (χ0v) is 15.3. The van der Waals surface area contributed by atoms with E-state index in [9.17, 15) is 29.6 Å². The molecule has 0 saturated heterocycles. The summed E-state index contributed by atoms with van der Waals surface area (Å²) < 4.78 is 8.68. The number of methoxy groups -OCH3 is 2. The monoisotopic (exact) mass is 387 g/mol. The second-order valence-electron chi connectivity index (χ2n) is 4.80. The van der Waals surface area contributed by atoms with Crippen molar-refractivity contribution < 1.29 is 33.9 Å². The van der Waals surface area contributed by atoms with Crippen molar-refractivity contribution in [3.8, 4) is 0 Å². The lowest BCUT2D eigenvalue weighted by atomic mass is 10.0. The molecule has 0 spiro atoms. The number of benzene rings is 1. The molecule has 1 rings (SSSR count). The van der Waals surface area contributed by atoms with Crippen molar-refractivity contribution in [2.45, 2.75) is 20.3 Å². The molecule has 1 aromatic rings. The van der Waals surface area contributed by atoms with Crippen LogP contribution in [-0.2, 0) is 23.9 Å². The zero-order chi connectivity index (χ0) is 20.4. The Balaban J connectivity index is 0.000000660. The highest BCUT2D eigenvalue weighted by Crippen LogP contribution is 2.34. The van der Waals surface area contributed by atoms with E-state index in [1.54, 1.807) is 0 Å². The van der Waals surface area contributed by atoms with Crippen LogP contribution >= 0.6 is 11.6 Å². The summed E-state index contributed by atoms with van der Waals surface area (Å²) in [4.78, 5) is 42.1. The van der Waals surface area contributed by atoms with Gasteiger partial charge in [0.1, 0.15) is 23.5 Å². The van der Waals surface area contributed by atoms with E-state index in [4.69, 9.17) is 11.6 Å². The van der Waals surface area contributed by atoms with E-state index in [1.165, 1.54) is 39.2 Å². The number of aliphatic hydroxyl groups excluding tert-OH is 1. The number of aliphatic hydroxyl groups is 1. The van der Waals surface area contributed by atoms with Crippen LogP contribution in [0.15, 0.2) is 24.0 Å². The second kappa shape index (κ2) is 10.8. The molecule has 0 aromatic heterocycles. The first-order valence-corrected chi connectivity index (χ1v) is 7.42. The topological polar surface area (TPSA) is 133 Å². The molecule has 0 atom stereocenters. The van der Waals surface area contributed by atoms with Gasteiger partial charge in [-0.2, -0.15) is 0 Å². The zero-order valence-electron chi connectivity index (χ0n) is 14.6. The molecule has 0 aliphatic rings. The van der Waals surface area contributed by atoms with Crippen molar-refractivity contribution in [2.75, 3.05) is 14.2 Å². The van der Waals surface area contributed by atoms with Gasteiger partial charge in [-0.15, -0.1) is 0 Å². The number of esters is 2. The lowest BCUT2D eigenvalue weighted by Crippen LogP contribution is -2.09. The highest BCUT2D eigenvalue weighted by atomic mass is 35.5. The maximum atomic E-state index is 11.6. The van der Waals surface area contributed by atoms with E-state index in [1.807, 2.05) is 0 Å². The first kappa shape index (κ1) is 23.1. The molecule has 0 radical (unpaired) electrons. The van der Waals surface area contributed by atoms with Gasteiger partial charge in [0.05, 0.1) is 29.7 Å². The summed E-state index contributed by atoms with van der Waals surface area (Å²) in [5.41, 5.74) is -0.859. The number of nitrogens with zero attached hydrogens (tertiary/aromatic N) is 1. The van der Waals surface area contributed by atoms with Crippen LogP contribution in [0.25, 0.3) is 5.57 Å². The molecule has 1 N–H and O–H groups in total. The van der Waals surface area contributed by atoms with Crippen LogP contribution in [0.1, 0.15) is 25.8 Å². The van der Waals surface area contributed by atoms with Crippen molar-refractivity contribution in [1.82, 2.24) is 0 Å². The van der Waals surface area contributed by atoms with Gasteiger partial charge in [0.25, 0.3) is 5.69 Å². The summed E-state index contributed by atoms with van der Waals surface area (Å²) in [6.45, 7) is 2.57. The summed E-state index contributed by atoms with van der Waals surface area (Å²) in [7, 11) is 2.36. The number of nitro groups is 1. The number of rotatable bonds is 5. The molecule has 0 bridgehead atoms. The Morgan fingerprint density at radius 3 is 2.12 bits per heavy atom. The van der Waals surface area contributed by atoms with Crippen LogP contribution in [0.4, 0.5) is 5.69 Å². The minimum atomic E-state index is -0.897. The fraction of sp³-hybridized carbons (Fsp3) is 0.312. The van der Waals surface area contributed by atoms with Gasteiger partial charge in [-0.3, -0.25) is 19.7 Å². The van der Waals surface area contributed by atoms with Crippen molar-refractivity contribution in [2.24, 2.45) is 0 Å². The molecule has 0 aliphatic heterocycles. The third kappa shape index (κ3) is 6.89. The predicted octanol–water partition coefficient (Wildman–Crippen LogP) is 2.85. The van der Waals surface area contributed by atoms with Crippen LogP contribution < -0.4 is 0 Å². The first-order chi connectivity index (χ1) is 12.1. The minimum Gasteiger partial charge on any atom is -0.512 e. The lowest BCUT2D eigenvalue weighted by Gasteiger charge is -2.09. The maximum absolute atomic E-state index is 11.6. The number of nitro benzene ring substituents is 1. The quantitative estimate of drug-likeness (QED) is 0.203. The summed E-state index contributed by atoms with van der Waals surface area (Å²) in [5, 5.41) is 20.4. The number of carbonyl (C=O) groups excluding carboxylic acids is 3. The van der Waals surface area contributed by atoms with E-state index in [0.717, 1.165) is 7.11 Å². The lowest BCUT2D eigenvalue weighted by molar-refractivity contribution is -0.385. The fourth-order valence-electron chi connectivity index (χ4n) is 1.72. The Morgan fingerprint density at radius 1 is 1.19 bits per heavy atom. The number of ether oxygens (including phenoxy) is 2. The van der Waals surface area contributed by atoms with Gasteiger partial charge >= 0.3 is 11.9 Å². The smallest absolute Gasteiger partial charge is 0.342 e. The normalized spacial score (nSPS) is 10.7. The Bertz CT molecular complexity index is 738. The van der Waals surface area contributed by atoms with Gasteiger partial charge in [-0.05, 0) is 19.9 Å². The van der Waals surface area contributed by atoms with Gasteiger partial charge in [0.2, 0.25) is 0 Å². The highest BCUT2D eigenvalue weighted by Gasteiger charge is 2.27. The van der Waals surface area contributed by atoms with E-state index in [-0.39, 0.29) is 34.1 Å². The van der Waals surface area contributed by atoms with Gasteiger partial charge in [-0.1, -0.05) is 17.7 Å². The molecule has 142 valence electrons. The molecular formula is C16H18ClNO8. The summed E-state index contributed by atoms with van der Waals surface area (Å²) in [5.74, 6) is -1.95. The van der Waals surface area contributed by atoms with E-state index >= 15 is 0 Å². The molecule has 10 heteroatoms. The molecule has 9 nitrogen and oxygen atoms in total. The van der Waals surface area contributed by atoms with Gasteiger partial charge < -0.3 is 14.6 Å². The molecular weight excluding hydrogens is 370 g/mol. The molecule has 0 unspecified atom stereocenters. The largest absolute Gasteiger partial charge is 0.512 e. The first-order valence-electron chi connectivity index (χ1n) is 7.04. The van der Waals surface area contributed by atoms with Crippen molar-refractivity contribution in [3.63, 3.8) is 0 Å². The number of carbonyl (C=O) groups is 3. The molecule has 0 amide bonds. The average molecular weight is 388 g/mol. The van der Waals surface area contributed by atoms with E-state index in [2.05, 4.69) is 9.47 Å². The number of allylic oxidation sites excluding steroid dienone is 1. The third-order valence-corrected chi connectivity index (χ3v) is 3.13. The average Bonchev–Trinajstić information content (AvgIpc) is 2.55. The summed E-state index contributed by atoms with van der Waals surface area (Å²) in [6, 6.07) is 3.95. The van der Waals surface area contributed by atoms with Gasteiger partial charge in [0, 0.05) is 6.07 Å². The predicted molar refractivity (Wildman–Crippen MR) is 92.7 cm³/mol. The molecule has 0 saturated carbocycles. The summed E-state index contributed by atoms with van der Waals surface area (Å²) >= 11 is 5.86. The molecule has 0 heterocycles. The Hall–Kier alpha value is -2.94. The van der Waals surface area contributed by atoms with Crippen molar-refractivity contribution in [1.29, 1.82) is 0 Å². The van der Waals surface area contributed by atoms with Crippen molar-refractivity contribution in [3.05, 3.63) is 44.7 Å². The number of halogens is 1. The highest BCUT2D eigenvalue weighted by molar-refractivity contribution is 6.35. The molecule has 0 fully saturated rings. The number of hydrogen-bond acceptors (Lipinski definition) is 8. The number of hydrogen-bond donors (Lipinski definition) is 1. The van der Waals surface area contributed by atoms with Gasteiger partial charge in [0.15, 0.2) is 0 Å². The SMILES string of the molecule is COC(=O)/C(=C(\C)O)c1c(Cl)cccc1[N+](=O)[O-].COC(=O)CC(C)=O. The molecule has 1 aromatic carbocycles. The third-order valence-electron chi connectivity index (χ3n) is 2.81. The Morgan fingerprint density at radius 2 is 1.77 bits per heavy atom. The standard InChI is InChI=1S/C11H10ClNO5.C5H8O3/c1-6(14)9(11(15)18-2)10-7(12)4-3-5-8(10)13(16)17;1-4(6)3-5(7)8-2/h3-5,14H,1-2H3;3H2,1-2H3/b9-6+;. The van der Waals surface area contributed by atoms with Crippen LogP contribution in [0, 0.1) is 10.1 Å². The molecule has 0 aliphatic carbocycles. The second-order valence-corrected chi connectivity index (χ2v) is 5.21. The molecule has 26 heavy (non-hydrogen) atoms. The van der Waals surface area contributed by atoms with Crippen LogP contribution in [-0.4, -0.2) is 42.0 Å². The summed E-state index contributed by atoms with van der Waals surface area (Å²) in [6.07, 6.45) is -0.115. The van der Waals surface area contributed by atoms with Crippen LogP contribution in [0.5, 0.6) is 0 Å². The van der Waals surface area contributed by atoms with E-state index < -0.39 is 22.6 Å². The Labute approximate surface area is 154 Å².